The molecule has 0 saturated heterocycles. The molecule has 0 heterocycles. The van der Waals surface area contributed by atoms with Gasteiger partial charge in [0.15, 0.2) is 0 Å². The monoisotopic (exact) mass is 276 g/mol. The second kappa shape index (κ2) is 6.94. The predicted octanol–water partition coefficient (Wildman–Crippen LogP) is 2.16. The summed E-state index contributed by atoms with van der Waals surface area (Å²) < 4.78 is 0. The Bertz CT molecular complexity index is 308. The molecule has 114 valence electrons. The first-order valence-corrected chi connectivity index (χ1v) is 8.89. The summed E-state index contributed by atoms with van der Waals surface area (Å²) in [6, 6.07) is 0. The molecule has 0 aromatic rings. The van der Waals surface area contributed by atoms with Crippen molar-refractivity contribution in [2.24, 2.45) is 5.92 Å². The van der Waals surface area contributed by atoms with Crippen LogP contribution in [0.2, 0.25) is 16.9 Å². The number of aliphatic hydroxyl groups is 1. The van der Waals surface area contributed by atoms with Crippen LogP contribution in [0.5, 0.6) is 0 Å². The van der Waals surface area contributed by atoms with Crippen LogP contribution in [0.3, 0.4) is 0 Å². The summed E-state index contributed by atoms with van der Waals surface area (Å²) in [7, 11) is 7.24. The lowest BCUT2D eigenvalue weighted by atomic mass is 9.48. The molecule has 0 aliphatic heterocycles. The Morgan fingerprint density at radius 2 is 2.00 bits per heavy atom. The summed E-state index contributed by atoms with van der Waals surface area (Å²) in [6.07, 6.45) is 11.0. The standard InChI is InChI=1S/C16H35B3O/c1-4-6-13(2)16(19,12-17)10-9-15(18)8-5-7-14(3,20)11-15/h13,20H,4-12,17-19H2,1-3H3/t13-,14+,15-,16?/m0/s1. The van der Waals surface area contributed by atoms with Gasteiger partial charge in [-0.25, -0.2) is 0 Å². The first-order chi connectivity index (χ1) is 9.16. The van der Waals surface area contributed by atoms with Crippen molar-refractivity contribution in [1.82, 2.24) is 0 Å². The lowest BCUT2D eigenvalue weighted by Crippen LogP contribution is -2.36. The van der Waals surface area contributed by atoms with Crippen LogP contribution in [0.1, 0.15) is 72.1 Å². The molecule has 0 amide bonds. The molecule has 1 fully saturated rings. The largest absolute Gasteiger partial charge is 0.390 e. The van der Waals surface area contributed by atoms with E-state index in [2.05, 4.69) is 37.4 Å². The molecule has 1 saturated carbocycles. The van der Waals surface area contributed by atoms with E-state index in [9.17, 15) is 5.11 Å². The molecule has 0 spiro atoms. The predicted molar refractivity (Wildman–Crippen MR) is 98.2 cm³/mol. The van der Waals surface area contributed by atoms with Gasteiger partial charge in [-0.1, -0.05) is 69.3 Å². The lowest BCUT2D eigenvalue weighted by molar-refractivity contribution is 0.00328. The van der Waals surface area contributed by atoms with Gasteiger partial charge in [-0.05, 0) is 25.7 Å². The van der Waals surface area contributed by atoms with Gasteiger partial charge < -0.3 is 5.11 Å². The van der Waals surface area contributed by atoms with Gasteiger partial charge >= 0.3 is 0 Å². The van der Waals surface area contributed by atoms with E-state index in [4.69, 9.17) is 0 Å². The van der Waals surface area contributed by atoms with Crippen LogP contribution in [-0.4, -0.2) is 34.2 Å². The molecule has 1 nitrogen and oxygen atoms in total. The molecule has 1 aliphatic carbocycles. The van der Waals surface area contributed by atoms with E-state index in [1.165, 1.54) is 44.8 Å². The van der Waals surface area contributed by atoms with E-state index in [1.807, 2.05) is 6.92 Å². The van der Waals surface area contributed by atoms with E-state index in [-0.39, 0.29) is 0 Å². The van der Waals surface area contributed by atoms with Gasteiger partial charge in [0.05, 0.1) is 5.60 Å². The zero-order valence-electron chi connectivity index (χ0n) is 14.9. The van der Waals surface area contributed by atoms with Crippen molar-refractivity contribution in [2.45, 2.75) is 94.7 Å². The summed E-state index contributed by atoms with van der Waals surface area (Å²) >= 11 is 0. The number of rotatable bonds is 7. The van der Waals surface area contributed by atoms with Crippen LogP contribution in [0.15, 0.2) is 0 Å². The first-order valence-electron chi connectivity index (χ1n) is 8.89. The molecule has 1 unspecified atom stereocenters. The Balaban J connectivity index is 2.63. The van der Waals surface area contributed by atoms with Gasteiger partial charge in [-0.3, -0.25) is 0 Å². The summed E-state index contributed by atoms with van der Waals surface area (Å²) in [4.78, 5) is 0. The van der Waals surface area contributed by atoms with Crippen LogP contribution in [0.4, 0.5) is 0 Å². The molecule has 1 rings (SSSR count). The van der Waals surface area contributed by atoms with E-state index < -0.39 is 5.60 Å². The third kappa shape index (κ3) is 4.86. The molecule has 1 aliphatic rings. The quantitative estimate of drug-likeness (QED) is 0.706. The van der Waals surface area contributed by atoms with Crippen molar-refractivity contribution in [1.29, 1.82) is 0 Å². The molecule has 0 bridgehead atoms. The Morgan fingerprint density at radius 1 is 1.35 bits per heavy atom. The molecule has 0 radical (unpaired) electrons. The zero-order chi connectivity index (χ0) is 15.4. The number of hydrogen-bond donors (Lipinski definition) is 1. The highest BCUT2D eigenvalue weighted by molar-refractivity contribution is 6.22. The van der Waals surface area contributed by atoms with E-state index >= 15 is 0 Å². The highest BCUT2D eigenvalue weighted by Gasteiger charge is 2.39. The SMILES string of the molecule is BCC(B)(CC[C@@]1(B)CCC[C@@](C)(O)C1)[C@@H](C)CCC. The fourth-order valence-corrected chi connectivity index (χ4v) is 4.35. The molecule has 0 aromatic carbocycles. The maximum Gasteiger partial charge on any atom is 0.109 e. The molecule has 20 heavy (non-hydrogen) atoms. The second-order valence-electron chi connectivity index (χ2n) is 8.54. The summed E-state index contributed by atoms with van der Waals surface area (Å²) in [5.74, 6) is 0.810. The average Bonchev–Trinajstić information content (AvgIpc) is 2.35. The van der Waals surface area contributed by atoms with E-state index in [0.29, 0.717) is 10.6 Å². The Labute approximate surface area is 129 Å². The van der Waals surface area contributed by atoms with Gasteiger partial charge in [-0.2, -0.15) is 0 Å². The Hall–Kier alpha value is 0.155. The molecule has 4 atom stereocenters. The smallest absolute Gasteiger partial charge is 0.109 e. The minimum atomic E-state index is -0.426. The van der Waals surface area contributed by atoms with Crippen LogP contribution in [0, 0.1) is 5.92 Å². The van der Waals surface area contributed by atoms with Gasteiger partial charge in [0.1, 0.15) is 23.5 Å². The summed E-state index contributed by atoms with van der Waals surface area (Å²) in [5, 5.41) is 11.2. The van der Waals surface area contributed by atoms with Crippen molar-refractivity contribution in [3.8, 4) is 0 Å². The third-order valence-electron chi connectivity index (χ3n) is 6.32. The van der Waals surface area contributed by atoms with Gasteiger partial charge in [-0.15, -0.1) is 0 Å². The van der Waals surface area contributed by atoms with Crippen molar-refractivity contribution >= 4 is 23.5 Å². The van der Waals surface area contributed by atoms with Crippen LogP contribution in [0.25, 0.3) is 0 Å². The van der Waals surface area contributed by atoms with E-state index in [1.54, 1.807) is 0 Å². The fourth-order valence-electron chi connectivity index (χ4n) is 4.35. The summed E-state index contributed by atoms with van der Waals surface area (Å²) in [6.45, 7) is 6.77. The molecule has 1 N–H and O–H groups in total. The average molecular weight is 276 g/mol. The van der Waals surface area contributed by atoms with Crippen LogP contribution < -0.4 is 0 Å². The van der Waals surface area contributed by atoms with E-state index in [0.717, 1.165) is 18.8 Å². The van der Waals surface area contributed by atoms with Crippen LogP contribution >= 0.6 is 0 Å². The highest BCUT2D eigenvalue weighted by Crippen LogP contribution is 2.52. The second-order valence-corrected chi connectivity index (χ2v) is 8.54. The molecule has 4 heteroatoms. The topological polar surface area (TPSA) is 20.2 Å². The molecular weight excluding hydrogens is 241 g/mol. The molecular formula is C16H35B3O. The minimum absolute atomic E-state index is 0.351. The Morgan fingerprint density at radius 3 is 2.50 bits per heavy atom. The highest BCUT2D eigenvalue weighted by atomic mass is 16.3. The number of hydrogen-bond acceptors (Lipinski definition) is 1. The van der Waals surface area contributed by atoms with Crippen molar-refractivity contribution < 1.29 is 5.11 Å². The van der Waals surface area contributed by atoms with Gasteiger partial charge in [0.25, 0.3) is 0 Å². The Kier molecular flexibility index (Phi) is 6.32. The maximum absolute atomic E-state index is 10.4. The van der Waals surface area contributed by atoms with Crippen LogP contribution in [-0.2, 0) is 0 Å². The first kappa shape index (κ1) is 18.2. The minimum Gasteiger partial charge on any atom is -0.390 e. The summed E-state index contributed by atoms with van der Waals surface area (Å²) in [5.41, 5.74) is -0.426. The van der Waals surface area contributed by atoms with Crippen molar-refractivity contribution in [3.05, 3.63) is 0 Å². The van der Waals surface area contributed by atoms with Crippen molar-refractivity contribution in [2.75, 3.05) is 0 Å². The maximum atomic E-state index is 10.4. The zero-order valence-corrected chi connectivity index (χ0v) is 14.9. The molecule has 0 aromatic heterocycles. The lowest BCUT2D eigenvalue weighted by Gasteiger charge is -2.45. The normalized spacial score (nSPS) is 35.4. The van der Waals surface area contributed by atoms with Gasteiger partial charge in [0, 0.05) is 0 Å². The van der Waals surface area contributed by atoms with Crippen molar-refractivity contribution in [3.63, 3.8) is 0 Å². The third-order valence-corrected chi connectivity index (χ3v) is 6.32. The fraction of sp³-hybridized carbons (Fsp3) is 1.00. The van der Waals surface area contributed by atoms with Gasteiger partial charge in [0.2, 0.25) is 0 Å².